The highest BCUT2D eigenvalue weighted by atomic mass is 79.9. The Kier molecular flexibility index (Phi) is 6.94. The van der Waals surface area contributed by atoms with Crippen molar-refractivity contribution in [3.63, 3.8) is 0 Å². The average Bonchev–Trinajstić information content (AvgIpc) is 3.25. The highest BCUT2D eigenvalue weighted by molar-refractivity contribution is 9.10. The molecule has 1 saturated carbocycles. The van der Waals surface area contributed by atoms with E-state index in [0.717, 1.165) is 40.0 Å². The Morgan fingerprint density at radius 1 is 1.15 bits per heavy atom. The number of hydrogen-bond donors (Lipinski definition) is 1. The van der Waals surface area contributed by atoms with Crippen molar-refractivity contribution < 1.29 is 19.1 Å². The number of carbonyl (C=O) groups is 2. The minimum atomic E-state index is -0.650. The molecule has 1 N–H and O–H groups in total. The molecule has 0 bridgehead atoms. The normalized spacial score (nSPS) is 16.8. The van der Waals surface area contributed by atoms with E-state index in [9.17, 15) is 14.9 Å². The summed E-state index contributed by atoms with van der Waals surface area (Å²) in [6.07, 6.45) is 1.07. The van der Waals surface area contributed by atoms with Gasteiger partial charge in [0.25, 0.3) is 0 Å². The first-order valence-electron chi connectivity index (χ1n) is 13.3. The summed E-state index contributed by atoms with van der Waals surface area (Å²) < 4.78 is 14.6. The van der Waals surface area contributed by atoms with Crippen LogP contribution in [0.25, 0.3) is 21.3 Å². The third kappa shape index (κ3) is 5.31. The van der Waals surface area contributed by atoms with Crippen molar-refractivity contribution in [3.05, 3.63) is 34.2 Å². The summed E-state index contributed by atoms with van der Waals surface area (Å²) in [7, 11) is 2.00. The molecule has 0 atom stereocenters. The number of carbonyl (C=O) groups excluding carboxylic acids is 2. The number of nitriles is 1. The molecule has 3 heterocycles. The van der Waals surface area contributed by atoms with Gasteiger partial charge in [0, 0.05) is 47.1 Å². The quantitative estimate of drug-likeness (QED) is 0.324. The lowest BCUT2D eigenvalue weighted by Crippen LogP contribution is -2.63. The van der Waals surface area contributed by atoms with Gasteiger partial charge in [0.2, 0.25) is 0 Å². The predicted molar refractivity (Wildman–Crippen MR) is 159 cm³/mol. The van der Waals surface area contributed by atoms with E-state index in [1.54, 1.807) is 25.7 Å². The van der Waals surface area contributed by atoms with Crippen molar-refractivity contribution in [1.29, 1.82) is 5.26 Å². The van der Waals surface area contributed by atoms with Crippen LogP contribution in [0.3, 0.4) is 0 Å². The standard InChI is InChI=1S/C29H34BrN5O4S/c1-27(2,3)38-25(36)33-24-18(13-31)20-17(9-8-10-19(20)40-24)21-22(30)32-23(34(21)7)16-11-29(12-16)14-35(15-29)26(37)39-28(4,5)6/h8-10,16H,11-12,14-15H2,1-7H3,(H,33,36). The molecule has 0 radical (unpaired) electrons. The number of nitrogens with one attached hydrogen (secondary N) is 1. The molecule has 3 aromatic rings. The zero-order valence-corrected chi connectivity index (χ0v) is 26.2. The maximum atomic E-state index is 12.5. The van der Waals surface area contributed by atoms with Crippen LogP contribution < -0.4 is 5.32 Å². The van der Waals surface area contributed by atoms with Crippen molar-refractivity contribution in [2.75, 3.05) is 18.4 Å². The summed E-state index contributed by atoms with van der Waals surface area (Å²) in [5.74, 6) is 1.25. The number of benzene rings is 1. The molecular formula is C29H34BrN5O4S. The summed E-state index contributed by atoms with van der Waals surface area (Å²) in [6, 6.07) is 8.16. The molecule has 2 aromatic heterocycles. The van der Waals surface area contributed by atoms with E-state index in [0.29, 0.717) is 28.3 Å². The molecule has 0 unspecified atom stereocenters. The van der Waals surface area contributed by atoms with Crippen LogP contribution in [0.2, 0.25) is 0 Å². The zero-order valence-electron chi connectivity index (χ0n) is 23.8. The molecule has 1 aliphatic carbocycles. The van der Waals surface area contributed by atoms with Crippen molar-refractivity contribution in [2.24, 2.45) is 12.5 Å². The van der Waals surface area contributed by atoms with E-state index in [4.69, 9.17) is 14.5 Å². The summed E-state index contributed by atoms with van der Waals surface area (Å²) in [5, 5.41) is 14.1. The molecule has 11 heteroatoms. The molecule has 40 heavy (non-hydrogen) atoms. The first-order chi connectivity index (χ1) is 18.6. The summed E-state index contributed by atoms with van der Waals surface area (Å²) in [4.78, 5) is 31.5. The van der Waals surface area contributed by atoms with Crippen molar-refractivity contribution in [3.8, 4) is 17.3 Å². The molecule has 1 saturated heterocycles. The number of anilines is 1. The number of nitrogens with zero attached hydrogens (tertiary/aromatic N) is 4. The van der Waals surface area contributed by atoms with Gasteiger partial charge in [-0.1, -0.05) is 12.1 Å². The molecule has 212 valence electrons. The first-order valence-corrected chi connectivity index (χ1v) is 14.9. The number of fused-ring (bicyclic) bond motifs is 1. The predicted octanol–water partition coefficient (Wildman–Crippen LogP) is 7.40. The van der Waals surface area contributed by atoms with E-state index in [-0.39, 0.29) is 17.4 Å². The van der Waals surface area contributed by atoms with Crippen molar-refractivity contribution >= 4 is 54.5 Å². The third-order valence-electron chi connectivity index (χ3n) is 7.21. The second-order valence-corrected chi connectivity index (χ2v) is 14.6. The van der Waals surface area contributed by atoms with Gasteiger partial charge in [-0.25, -0.2) is 14.6 Å². The molecular weight excluding hydrogens is 594 g/mol. The second-order valence-electron chi connectivity index (χ2n) is 12.8. The molecule has 1 spiro atoms. The minimum Gasteiger partial charge on any atom is -0.444 e. The van der Waals surface area contributed by atoms with Gasteiger partial charge in [-0.3, -0.25) is 5.32 Å². The molecule has 1 aliphatic heterocycles. The number of amides is 2. The smallest absolute Gasteiger partial charge is 0.412 e. The van der Waals surface area contributed by atoms with Crippen LogP contribution in [0.1, 0.15) is 71.7 Å². The lowest BCUT2D eigenvalue weighted by Gasteiger charge is -2.58. The Hall–Kier alpha value is -3.10. The largest absolute Gasteiger partial charge is 0.444 e. The fraction of sp³-hybridized carbons (Fsp3) is 0.517. The highest BCUT2D eigenvalue weighted by Gasteiger charge is 2.55. The van der Waals surface area contributed by atoms with Gasteiger partial charge in [-0.15, -0.1) is 11.3 Å². The van der Waals surface area contributed by atoms with Crippen LogP contribution in [-0.2, 0) is 16.5 Å². The molecule has 1 aromatic carbocycles. The summed E-state index contributed by atoms with van der Waals surface area (Å²) in [5.41, 5.74) is 1.12. The third-order valence-corrected chi connectivity index (χ3v) is 8.84. The minimum absolute atomic E-state index is 0.129. The van der Waals surface area contributed by atoms with E-state index in [1.165, 1.54) is 11.3 Å². The number of thiophene rings is 1. The van der Waals surface area contributed by atoms with Crippen LogP contribution in [0, 0.1) is 16.7 Å². The Bertz CT molecular complexity index is 1540. The topological polar surface area (TPSA) is 109 Å². The van der Waals surface area contributed by atoms with E-state index in [2.05, 4.69) is 31.9 Å². The Morgan fingerprint density at radius 3 is 2.40 bits per heavy atom. The fourth-order valence-corrected chi connectivity index (χ4v) is 7.45. The lowest BCUT2D eigenvalue weighted by molar-refractivity contribution is -0.0801. The van der Waals surface area contributed by atoms with Gasteiger partial charge in [0.15, 0.2) is 0 Å². The number of aromatic nitrogens is 2. The second kappa shape index (κ2) is 9.77. The first kappa shape index (κ1) is 28.4. The van der Waals surface area contributed by atoms with E-state index in [1.807, 2.05) is 46.0 Å². The fourth-order valence-electron chi connectivity index (χ4n) is 5.72. The van der Waals surface area contributed by atoms with Crippen LogP contribution in [0.4, 0.5) is 14.6 Å². The van der Waals surface area contributed by atoms with Crippen molar-refractivity contribution in [1.82, 2.24) is 14.5 Å². The molecule has 2 fully saturated rings. The van der Waals surface area contributed by atoms with Gasteiger partial charge >= 0.3 is 12.2 Å². The maximum Gasteiger partial charge on any atom is 0.412 e. The van der Waals surface area contributed by atoms with Crippen LogP contribution in [-0.4, -0.2) is 50.9 Å². The van der Waals surface area contributed by atoms with Gasteiger partial charge in [0.1, 0.15) is 32.7 Å². The lowest BCUT2D eigenvalue weighted by atomic mass is 9.57. The molecule has 2 aliphatic rings. The number of halogens is 1. The number of rotatable bonds is 3. The monoisotopic (exact) mass is 627 g/mol. The Morgan fingerprint density at radius 2 is 1.80 bits per heavy atom. The average molecular weight is 629 g/mol. The van der Waals surface area contributed by atoms with E-state index >= 15 is 0 Å². The van der Waals surface area contributed by atoms with Gasteiger partial charge in [-0.2, -0.15) is 5.26 Å². The maximum absolute atomic E-state index is 12.5. The van der Waals surface area contributed by atoms with Gasteiger partial charge in [-0.05, 0) is 76.4 Å². The van der Waals surface area contributed by atoms with Crippen LogP contribution in [0.15, 0.2) is 22.8 Å². The number of hydrogen-bond acceptors (Lipinski definition) is 7. The highest BCUT2D eigenvalue weighted by Crippen LogP contribution is 2.56. The van der Waals surface area contributed by atoms with Crippen molar-refractivity contribution in [2.45, 2.75) is 71.5 Å². The van der Waals surface area contributed by atoms with E-state index < -0.39 is 17.3 Å². The van der Waals surface area contributed by atoms with Crippen LogP contribution in [0.5, 0.6) is 0 Å². The van der Waals surface area contributed by atoms with Gasteiger partial charge in [0.05, 0.1) is 11.3 Å². The Balaban J connectivity index is 1.38. The summed E-state index contributed by atoms with van der Waals surface area (Å²) >= 11 is 5.03. The molecule has 9 nitrogen and oxygen atoms in total. The number of likely N-dealkylation sites (tertiary alicyclic amines) is 1. The molecule has 5 rings (SSSR count). The van der Waals surface area contributed by atoms with Crippen LogP contribution >= 0.6 is 27.3 Å². The zero-order chi connectivity index (χ0) is 29.2. The number of imidazole rings is 1. The Labute approximate surface area is 246 Å². The van der Waals surface area contributed by atoms with Gasteiger partial charge < -0.3 is 18.9 Å². The molecule has 2 amide bonds. The number of ether oxygens (including phenoxy) is 2. The summed E-state index contributed by atoms with van der Waals surface area (Å²) in [6.45, 7) is 12.5. The SMILES string of the molecule is Cn1c(C2CC3(C2)CN(C(=O)OC(C)(C)C)C3)nc(Br)c1-c1cccc2sc(NC(=O)OC(C)(C)C)c(C#N)c12.